The van der Waals surface area contributed by atoms with Crippen molar-refractivity contribution in [2.24, 2.45) is 0 Å². The molecule has 42 heavy (non-hydrogen) atoms. The molecular formula is C40H37NZr. The molecule has 0 bridgehead atoms. The molecule has 1 nitrogen and oxygen atoms in total. The van der Waals surface area contributed by atoms with E-state index in [2.05, 4.69) is 138 Å². The third kappa shape index (κ3) is 7.23. The molecule has 2 aliphatic rings. The zero-order chi connectivity index (χ0) is 27.7. The molecule has 0 spiro atoms. The maximum atomic E-state index is 2.99. The van der Waals surface area contributed by atoms with Crippen LogP contribution in [0.15, 0.2) is 140 Å². The number of benzene rings is 4. The van der Waals surface area contributed by atoms with Crippen LogP contribution >= 0.6 is 0 Å². The summed E-state index contributed by atoms with van der Waals surface area (Å²) in [5, 5.41) is 4.11. The zero-order valence-corrected chi connectivity index (χ0v) is 26.6. The van der Waals surface area contributed by atoms with Gasteiger partial charge in [0.05, 0.1) is 5.52 Å². The van der Waals surface area contributed by atoms with Crippen molar-refractivity contribution >= 4 is 21.7 Å². The molecule has 6 aromatic rings. The van der Waals surface area contributed by atoms with Gasteiger partial charge in [0.25, 0.3) is 0 Å². The van der Waals surface area contributed by atoms with Crippen LogP contribution in [0.1, 0.15) is 41.6 Å². The topological polar surface area (TPSA) is 4.93 Å². The van der Waals surface area contributed by atoms with Crippen LogP contribution in [-0.4, -0.2) is 4.57 Å². The molecule has 0 radical (unpaired) electrons. The quantitative estimate of drug-likeness (QED) is 0.172. The average Bonchev–Trinajstić information content (AvgIpc) is 3.82. The number of fused-ring (bicyclic) bond motifs is 4. The second-order valence-corrected chi connectivity index (χ2v) is 10.8. The molecule has 0 saturated heterocycles. The van der Waals surface area contributed by atoms with Crippen LogP contribution < -0.4 is 0 Å². The Morgan fingerprint density at radius 3 is 1.98 bits per heavy atom. The van der Waals surface area contributed by atoms with E-state index in [9.17, 15) is 0 Å². The molecular weight excluding hydrogens is 586 g/mol. The fourth-order valence-corrected chi connectivity index (χ4v) is 5.97. The molecule has 0 amide bonds. The van der Waals surface area contributed by atoms with Gasteiger partial charge in [0.15, 0.2) is 0 Å². The summed E-state index contributed by atoms with van der Waals surface area (Å²) in [5.74, 6) is 0. The maximum Gasteiger partial charge on any atom is 2.00 e. The van der Waals surface area contributed by atoms with Crippen LogP contribution in [0, 0.1) is 6.08 Å². The number of aryl methyl sites for hydroxylation is 3. The Kier molecular flexibility index (Phi) is 10.7. The number of hydrogen-bond acceptors (Lipinski definition) is 0. The number of aromatic nitrogens is 1. The van der Waals surface area contributed by atoms with Crippen molar-refractivity contribution in [2.45, 2.75) is 44.9 Å². The Labute approximate surface area is 269 Å². The summed E-state index contributed by atoms with van der Waals surface area (Å²) in [6.07, 6.45) is 17.3. The normalized spacial score (nSPS) is 13.0. The second kappa shape index (κ2) is 15.0. The van der Waals surface area contributed by atoms with Crippen LogP contribution in [0.5, 0.6) is 0 Å². The van der Waals surface area contributed by atoms with E-state index in [1.807, 2.05) is 12.2 Å². The SMILES string of the molecule is [C-]1=CC=CC1.[Zr+2].c1ccc(CCc2ccccc2)cc1.c1ccc2[cH-]c(-n3c4c(c5ccccc53)CCCC4)cc2c1. The Bertz CT molecular complexity index is 1670. The standard InChI is InChI=1S/C21H18N.C14H14.C5H5.Zr/c1-2-8-16-14-17(13-15(16)7-1)22-20-11-5-3-9-18(20)19-10-4-6-12-21(19)22;1-3-7-13(8-4-1)11-12-14-9-5-2-6-10-14;1-2-4-5-3-1;/h1-3,5,7-9,11,13-14H,4,6,10,12H2;1-10H,11-12H2;1-3H,4H2;/q-1;;-1;+2. The van der Waals surface area contributed by atoms with Gasteiger partial charge in [-0.3, -0.25) is 6.08 Å². The van der Waals surface area contributed by atoms with Gasteiger partial charge in [-0.05, 0) is 67.0 Å². The van der Waals surface area contributed by atoms with E-state index < -0.39 is 0 Å². The van der Waals surface area contributed by atoms with E-state index >= 15 is 0 Å². The van der Waals surface area contributed by atoms with Crippen molar-refractivity contribution in [1.82, 2.24) is 4.57 Å². The van der Waals surface area contributed by atoms with Gasteiger partial charge < -0.3 is 4.57 Å². The van der Waals surface area contributed by atoms with Gasteiger partial charge in [-0.15, -0.1) is 47.5 Å². The Balaban J connectivity index is 0.000000151. The number of nitrogens with zero attached hydrogens (tertiary/aromatic N) is 1. The van der Waals surface area contributed by atoms with Gasteiger partial charge in [0.2, 0.25) is 0 Å². The van der Waals surface area contributed by atoms with E-state index in [1.165, 1.54) is 69.9 Å². The Hall–Kier alpha value is -3.61. The zero-order valence-electron chi connectivity index (χ0n) is 24.2. The molecule has 8 rings (SSSR count). The minimum atomic E-state index is 0. The first kappa shape index (κ1) is 29.9. The van der Waals surface area contributed by atoms with Crippen molar-refractivity contribution in [3.05, 3.63) is 168 Å². The minimum Gasteiger partial charge on any atom is -0.332 e. The van der Waals surface area contributed by atoms with E-state index in [0.29, 0.717) is 0 Å². The molecule has 0 atom stereocenters. The summed E-state index contributed by atoms with van der Waals surface area (Å²) in [6, 6.07) is 43.4. The molecule has 0 saturated carbocycles. The Morgan fingerprint density at radius 1 is 0.690 bits per heavy atom. The van der Waals surface area contributed by atoms with Crippen molar-refractivity contribution in [3.63, 3.8) is 0 Å². The molecule has 0 fully saturated rings. The van der Waals surface area contributed by atoms with E-state index in [0.717, 1.165) is 19.3 Å². The summed E-state index contributed by atoms with van der Waals surface area (Å²) >= 11 is 0. The summed E-state index contributed by atoms with van der Waals surface area (Å²) in [5.41, 5.74) is 8.62. The van der Waals surface area contributed by atoms with Crippen LogP contribution in [0.25, 0.3) is 27.4 Å². The third-order valence-electron chi connectivity index (χ3n) is 8.01. The number of rotatable bonds is 4. The molecule has 1 aromatic heterocycles. The van der Waals surface area contributed by atoms with Gasteiger partial charge in [-0.2, -0.15) is 6.08 Å². The average molecular weight is 623 g/mol. The van der Waals surface area contributed by atoms with Crippen molar-refractivity contribution in [2.75, 3.05) is 0 Å². The molecule has 206 valence electrons. The van der Waals surface area contributed by atoms with Gasteiger partial charge >= 0.3 is 26.2 Å². The second-order valence-electron chi connectivity index (χ2n) is 10.8. The summed E-state index contributed by atoms with van der Waals surface area (Å²) in [4.78, 5) is 0. The number of hydrogen-bond donors (Lipinski definition) is 0. The largest absolute Gasteiger partial charge is 2.00 e. The first-order valence-electron chi connectivity index (χ1n) is 14.9. The van der Waals surface area contributed by atoms with Gasteiger partial charge in [-0.25, -0.2) is 12.2 Å². The summed E-state index contributed by atoms with van der Waals surface area (Å²) < 4.78 is 2.50. The molecule has 0 unspecified atom stereocenters. The minimum absolute atomic E-state index is 0. The molecule has 2 aliphatic carbocycles. The monoisotopic (exact) mass is 621 g/mol. The predicted molar refractivity (Wildman–Crippen MR) is 175 cm³/mol. The summed E-state index contributed by atoms with van der Waals surface area (Å²) in [6.45, 7) is 0. The predicted octanol–water partition coefficient (Wildman–Crippen LogP) is 10.2. The molecule has 5 aromatic carbocycles. The number of para-hydroxylation sites is 1. The maximum absolute atomic E-state index is 2.99. The van der Waals surface area contributed by atoms with Crippen LogP contribution in [0.4, 0.5) is 0 Å². The first-order chi connectivity index (χ1) is 20.4. The number of allylic oxidation sites excluding steroid dienone is 4. The molecule has 0 aliphatic heterocycles. The first-order valence-corrected chi connectivity index (χ1v) is 14.9. The van der Waals surface area contributed by atoms with Crippen LogP contribution in [0.2, 0.25) is 0 Å². The van der Waals surface area contributed by atoms with E-state index in [4.69, 9.17) is 0 Å². The fraction of sp³-hybridized carbons (Fsp3) is 0.175. The fourth-order valence-electron chi connectivity index (χ4n) is 5.97. The van der Waals surface area contributed by atoms with Gasteiger partial charge in [0, 0.05) is 11.1 Å². The smallest absolute Gasteiger partial charge is 0.332 e. The van der Waals surface area contributed by atoms with Crippen molar-refractivity contribution in [3.8, 4) is 5.69 Å². The van der Waals surface area contributed by atoms with Crippen molar-refractivity contribution < 1.29 is 26.2 Å². The van der Waals surface area contributed by atoms with Crippen molar-refractivity contribution in [1.29, 1.82) is 0 Å². The molecule has 2 heteroatoms. The molecule has 0 N–H and O–H groups in total. The van der Waals surface area contributed by atoms with E-state index in [-0.39, 0.29) is 26.2 Å². The van der Waals surface area contributed by atoms with Gasteiger partial charge in [-0.1, -0.05) is 84.9 Å². The van der Waals surface area contributed by atoms with Crippen LogP contribution in [0.3, 0.4) is 0 Å². The third-order valence-corrected chi connectivity index (χ3v) is 8.01. The van der Waals surface area contributed by atoms with Crippen LogP contribution in [-0.2, 0) is 51.9 Å². The Morgan fingerprint density at radius 2 is 1.33 bits per heavy atom. The van der Waals surface area contributed by atoms with Gasteiger partial charge in [0.1, 0.15) is 0 Å². The van der Waals surface area contributed by atoms with E-state index in [1.54, 1.807) is 5.56 Å². The summed E-state index contributed by atoms with van der Waals surface area (Å²) in [7, 11) is 0. The molecule has 1 heterocycles.